The Hall–Kier alpha value is -1.18. The van der Waals surface area contributed by atoms with Crippen molar-refractivity contribution < 1.29 is 19.3 Å². The standard InChI is InChI=1S/C22H36N2O4/c1-23(8-5-19-6-11-26-12-7-19)16-20-3-2-4-22(15-20)28-18-21(25)17-24-9-13-27-14-10-24/h2-4,15,19,21,25H,5-14,16-18H2,1H3. The summed E-state index contributed by atoms with van der Waals surface area (Å²) in [4.78, 5) is 4.60. The van der Waals surface area contributed by atoms with Gasteiger partial charge >= 0.3 is 0 Å². The summed E-state index contributed by atoms with van der Waals surface area (Å²) in [5.74, 6) is 1.63. The second-order valence-electron chi connectivity index (χ2n) is 8.11. The molecule has 158 valence electrons. The Morgan fingerprint density at radius 1 is 1.18 bits per heavy atom. The molecule has 1 atom stereocenters. The molecule has 2 fully saturated rings. The Labute approximate surface area is 169 Å². The fourth-order valence-electron chi connectivity index (χ4n) is 3.89. The minimum absolute atomic E-state index is 0.320. The molecule has 0 aliphatic carbocycles. The average molecular weight is 393 g/mol. The molecule has 0 saturated carbocycles. The highest BCUT2D eigenvalue weighted by Crippen LogP contribution is 2.20. The van der Waals surface area contributed by atoms with E-state index in [1.807, 2.05) is 12.1 Å². The molecule has 0 aromatic heterocycles. The van der Waals surface area contributed by atoms with Gasteiger partial charge in [0.25, 0.3) is 0 Å². The monoisotopic (exact) mass is 392 g/mol. The van der Waals surface area contributed by atoms with E-state index < -0.39 is 6.10 Å². The van der Waals surface area contributed by atoms with Crippen LogP contribution in [0.5, 0.6) is 5.75 Å². The van der Waals surface area contributed by atoms with E-state index in [-0.39, 0.29) is 0 Å². The van der Waals surface area contributed by atoms with E-state index in [1.165, 1.54) is 24.8 Å². The minimum atomic E-state index is -0.482. The third kappa shape index (κ3) is 7.68. The molecule has 0 spiro atoms. The number of ether oxygens (including phenoxy) is 3. The number of aliphatic hydroxyl groups excluding tert-OH is 1. The van der Waals surface area contributed by atoms with Crippen molar-refractivity contribution in [1.82, 2.24) is 9.80 Å². The molecule has 1 N–H and O–H groups in total. The number of hydrogen-bond donors (Lipinski definition) is 1. The lowest BCUT2D eigenvalue weighted by Crippen LogP contribution is -2.42. The van der Waals surface area contributed by atoms with E-state index in [0.717, 1.165) is 64.3 Å². The molecule has 2 heterocycles. The summed E-state index contributed by atoms with van der Waals surface area (Å²) in [7, 11) is 2.18. The van der Waals surface area contributed by atoms with E-state index in [1.54, 1.807) is 0 Å². The molecule has 0 radical (unpaired) electrons. The highest BCUT2D eigenvalue weighted by Gasteiger charge is 2.16. The molecule has 6 heteroatoms. The van der Waals surface area contributed by atoms with Crippen molar-refractivity contribution >= 4 is 0 Å². The van der Waals surface area contributed by atoms with Crippen LogP contribution in [0.2, 0.25) is 0 Å². The first-order valence-electron chi connectivity index (χ1n) is 10.7. The first kappa shape index (κ1) is 21.5. The van der Waals surface area contributed by atoms with E-state index in [0.29, 0.717) is 13.2 Å². The van der Waals surface area contributed by atoms with Gasteiger partial charge in [0.1, 0.15) is 18.5 Å². The molecule has 0 bridgehead atoms. The van der Waals surface area contributed by atoms with Gasteiger partial charge < -0.3 is 24.2 Å². The van der Waals surface area contributed by atoms with E-state index in [4.69, 9.17) is 14.2 Å². The molecule has 6 nitrogen and oxygen atoms in total. The van der Waals surface area contributed by atoms with Gasteiger partial charge in [-0.15, -0.1) is 0 Å². The van der Waals surface area contributed by atoms with E-state index in [2.05, 4.69) is 29.0 Å². The molecule has 28 heavy (non-hydrogen) atoms. The molecule has 2 aliphatic heterocycles. The number of benzene rings is 1. The number of rotatable bonds is 10. The summed E-state index contributed by atoms with van der Waals surface area (Å²) in [5.41, 5.74) is 1.25. The highest BCUT2D eigenvalue weighted by atomic mass is 16.5. The maximum atomic E-state index is 10.2. The fraction of sp³-hybridized carbons (Fsp3) is 0.727. The Balaban J connectivity index is 1.37. The zero-order valence-corrected chi connectivity index (χ0v) is 17.2. The molecule has 1 unspecified atom stereocenters. The Bertz CT molecular complexity index is 559. The SMILES string of the molecule is CN(CCC1CCOCC1)Cc1cccc(OCC(O)CN2CCOCC2)c1. The Morgan fingerprint density at radius 3 is 2.71 bits per heavy atom. The van der Waals surface area contributed by atoms with Crippen molar-refractivity contribution in [3.63, 3.8) is 0 Å². The number of hydrogen-bond acceptors (Lipinski definition) is 6. The van der Waals surface area contributed by atoms with Crippen LogP contribution >= 0.6 is 0 Å². The summed E-state index contributed by atoms with van der Waals surface area (Å²) in [6, 6.07) is 8.23. The molecule has 0 amide bonds. The van der Waals surface area contributed by atoms with Crippen molar-refractivity contribution in [3.05, 3.63) is 29.8 Å². The van der Waals surface area contributed by atoms with Gasteiger partial charge in [0, 0.05) is 39.4 Å². The second kappa shape index (κ2) is 11.7. The summed E-state index contributed by atoms with van der Waals surface area (Å²) in [5, 5.41) is 10.2. The Kier molecular flexibility index (Phi) is 9.02. The molecular formula is C22H36N2O4. The lowest BCUT2D eigenvalue weighted by atomic mass is 9.96. The quantitative estimate of drug-likeness (QED) is 0.657. The highest BCUT2D eigenvalue weighted by molar-refractivity contribution is 5.28. The van der Waals surface area contributed by atoms with Gasteiger partial charge in [-0.25, -0.2) is 0 Å². The first-order valence-corrected chi connectivity index (χ1v) is 10.7. The van der Waals surface area contributed by atoms with Crippen molar-refractivity contribution in [2.75, 3.05) is 66.3 Å². The predicted octanol–water partition coefficient (Wildman–Crippen LogP) is 2.01. The van der Waals surface area contributed by atoms with Crippen molar-refractivity contribution in [3.8, 4) is 5.75 Å². The van der Waals surface area contributed by atoms with E-state index in [9.17, 15) is 5.11 Å². The molecule has 3 rings (SSSR count). The summed E-state index contributed by atoms with van der Waals surface area (Å²) >= 11 is 0. The van der Waals surface area contributed by atoms with Crippen LogP contribution in [0, 0.1) is 5.92 Å². The van der Waals surface area contributed by atoms with Crippen LogP contribution in [-0.4, -0.2) is 87.3 Å². The third-order valence-corrected chi connectivity index (χ3v) is 5.63. The van der Waals surface area contributed by atoms with Crippen molar-refractivity contribution in [1.29, 1.82) is 0 Å². The molecule has 2 saturated heterocycles. The van der Waals surface area contributed by atoms with Crippen LogP contribution in [0.4, 0.5) is 0 Å². The summed E-state index contributed by atoms with van der Waals surface area (Å²) < 4.78 is 16.6. The molecular weight excluding hydrogens is 356 g/mol. The van der Waals surface area contributed by atoms with Crippen LogP contribution in [-0.2, 0) is 16.0 Å². The Morgan fingerprint density at radius 2 is 1.93 bits per heavy atom. The van der Waals surface area contributed by atoms with Crippen molar-refractivity contribution in [2.45, 2.75) is 31.9 Å². The second-order valence-corrected chi connectivity index (χ2v) is 8.11. The lowest BCUT2D eigenvalue weighted by Gasteiger charge is -2.28. The van der Waals surface area contributed by atoms with Gasteiger partial charge in [0.15, 0.2) is 0 Å². The molecule has 2 aliphatic rings. The lowest BCUT2D eigenvalue weighted by molar-refractivity contribution is 0.00464. The van der Waals surface area contributed by atoms with Gasteiger partial charge in [-0.1, -0.05) is 12.1 Å². The van der Waals surface area contributed by atoms with Crippen LogP contribution in [0.15, 0.2) is 24.3 Å². The first-order chi connectivity index (χ1) is 13.7. The fourth-order valence-corrected chi connectivity index (χ4v) is 3.89. The maximum Gasteiger partial charge on any atom is 0.119 e. The number of β-amino-alcohol motifs (C(OH)–C–C–N with tert-alkyl or cyclic N) is 1. The normalized spacial score (nSPS) is 20.4. The third-order valence-electron chi connectivity index (χ3n) is 5.63. The smallest absolute Gasteiger partial charge is 0.119 e. The largest absolute Gasteiger partial charge is 0.491 e. The zero-order chi connectivity index (χ0) is 19.6. The van der Waals surface area contributed by atoms with E-state index >= 15 is 0 Å². The van der Waals surface area contributed by atoms with Gasteiger partial charge in [-0.2, -0.15) is 0 Å². The van der Waals surface area contributed by atoms with Gasteiger partial charge in [0.05, 0.1) is 13.2 Å². The topological polar surface area (TPSA) is 54.4 Å². The van der Waals surface area contributed by atoms with Gasteiger partial charge in [-0.3, -0.25) is 4.90 Å². The number of morpholine rings is 1. The number of aliphatic hydroxyl groups is 1. The van der Waals surface area contributed by atoms with Crippen LogP contribution in [0.25, 0.3) is 0 Å². The average Bonchev–Trinajstić information content (AvgIpc) is 2.73. The van der Waals surface area contributed by atoms with Gasteiger partial charge in [-0.05, 0) is 56.5 Å². The van der Waals surface area contributed by atoms with Crippen molar-refractivity contribution in [2.24, 2.45) is 5.92 Å². The molecule has 1 aromatic carbocycles. The summed E-state index contributed by atoms with van der Waals surface area (Å²) in [6.07, 6.45) is 3.15. The van der Waals surface area contributed by atoms with Crippen LogP contribution in [0.3, 0.4) is 0 Å². The zero-order valence-electron chi connectivity index (χ0n) is 17.2. The predicted molar refractivity (Wildman–Crippen MR) is 110 cm³/mol. The maximum absolute atomic E-state index is 10.2. The van der Waals surface area contributed by atoms with Crippen LogP contribution in [0.1, 0.15) is 24.8 Å². The van der Waals surface area contributed by atoms with Gasteiger partial charge in [0.2, 0.25) is 0 Å². The molecule has 1 aromatic rings. The number of nitrogens with zero attached hydrogens (tertiary/aromatic N) is 2. The van der Waals surface area contributed by atoms with Crippen LogP contribution < -0.4 is 4.74 Å². The minimum Gasteiger partial charge on any atom is -0.491 e. The summed E-state index contributed by atoms with van der Waals surface area (Å²) in [6.45, 7) is 8.08.